The fraction of sp³-hybridized carbons (Fsp3) is 0.500. The van der Waals surface area contributed by atoms with Gasteiger partial charge in [0, 0.05) is 39.6 Å². The summed E-state index contributed by atoms with van der Waals surface area (Å²) < 4.78 is 12.8. The molecule has 22 heavy (non-hydrogen) atoms. The Morgan fingerprint density at radius 2 is 2.05 bits per heavy atom. The number of rotatable bonds is 8. The minimum absolute atomic E-state index is 0.567. The molecule has 2 aromatic heterocycles. The van der Waals surface area contributed by atoms with E-state index < -0.39 is 8.07 Å². The molecule has 0 aliphatic heterocycles. The fourth-order valence-corrected chi connectivity index (χ4v) is 2.75. The zero-order valence-corrected chi connectivity index (χ0v) is 14.9. The number of imidazole rings is 1. The zero-order valence-electron chi connectivity index (χ0n) is 13.9. The lowest BCUT2D eigenvalue weighted by molar-refractivity contribution is 0.0871. The average molecular weight is 319 g/mol. The summed E-state index contributed by atoms with van der Waals surface area (Å²) in [4.78, 5) is 8.53. The highest BCUT2D eigenvalue weighted by Crippen LogP contribution is 2.13. The van der Waals surface area contributed by atoms with Gasteiger partial charge in [0.25, 0.3) is 0 Å². The van der Waals surface area contributed by atoms with Crippen LogP contribution in [0.25, 0.3) is 0 Å². The Morgan fingerprint density at radius 3 is 2.77 bits per heavy atom. The lowest BCUT2D eigenvalue weighted by Crippen LogP contribution is -2.21. The highest BCUT2D eigenvalue weighted by atomic mass is 28.3. The van der Waals surface area contributed by atoms with Crippen molar-refractivity contribution in [1.82, 2.24) is 14.5 Å². The second-order valence-corrected chi connectivity index (χ2v) is 12.2. The smallest absolute Gasteiger partial charge is 0.213 e. The molecule has 0 saturated carbocycles. The summed E-state index contributed by atoms with van der Waals surface area (Å²) in [6, 6.07) is 5.10. The first-order chi connectivity index (χ1) is 10.5. The third-order valence-corrected chi connectivity index (χ3v) is 5.02. The van der Waals surface area contributed by atoms with E-state index in [1.54, 1.807) is 13.3 Å². The molecule has 0 fully saturated rings. The van der Waals surface area contributed by atoms with Gasteiger partial charge in [0.15, 0.2) is 0 Å². The molecule has 5 nitrogen and oxygen atoms in total. The molecule has 0 atom stereocenters. The minimum atomic E-state index is -1.02. The summed E-state index contributed by atoms with van der Waals surface area (Å²) in [5.41, 5.74) is 2.15. The van der Waals surface area contributed by atoms with Gasteiger partial charge in [-0.1, -0.05) is 19.6 Å². The lowest BCUT2D eigenvalue weighted by Gasteiger charge is -2.15. The van der Waals surface area contributed by atoms with Crippen molar-refractivity contribution in [3.05, 3.63) is 42.1 Å². The molecule has 0 aromatic carbocycles. The van der Waals surface area contributed by atoms with Crippen molar-refractivity contribution in [3.8, 4) is 5.88 Å². The van der Waals surface area contributed by atoms with Crippen LogP contribution in [0, 0.1) is 0 Å². The van der Waals surface area contributed by atoms with Crippen molar-refractivity contribution in [2.24, 2.45) is 0 Å². The first kappa shape index (κ1) is 16.7. The summed E-state index contributed by atoms with van der Waals surface area (Å²) >= 11 is 0. The van der Waals surface area contributed by atoms with Crippen LogP contribution in [0.5, 0.6) is 5.88 Å². The summed E-state index contributed by atoms with van der Waals surface area (Å²) in [6.07, 6.45) is 6.37. The van der Waals surface area contributed by atoms with Crippen molar-refractivity contribution < 1.29 is 9.47 Å². The Morgan fingerprint density at radius 1 is 1.23 bits per heavy atom. The maximum Gasteiger partial charge on any atom is 0.213 e. The van der Waals surface area contributed by atoms with Gasteiger partial charge < -0.3 is 14.0 Å². The Balaban J connectivity index is 1.83. The normalized spacial score (nSPS) is 11.6. The predicted octanol–water partition coefficient (Wildman–Crippen LogP) is 3.19. The van der Waals surface area contributed by atoms with Gasteiger partial charge in [-0.05, 0) is 17.7 Å². The van der Waals surface area contributed by atoms with Gasteiger partial charge in [0.1, 0.15) is 6.73 Å². The molecule has 0 aliphatic carbocycles. The summed E-state index contributed by atoms with van der Waals surface area (Å²) in [7, 11) is 0.606. The van der Waals surface area contributed by atoms with Crippen molar-refractivity contribution in [2.75, 3.05) is 13.7 Å². The van der Waals surface area contributed by atoms with Crippen LogP contribution in [0.3, 0.4) is 0 Å². The molecule has 0 aliphatic rings. The number of aromatic nitrogens is 3. The molecule has 0 radical (unpaired) electrons. The Kier molecular flexibility index (Phi) is 5.74. The third-order valence-electron chi connectivity index (χ3n) is 3.32. The fourth-order valence-electron chi connectivity index (χ4n) is 2.00. The van der Waals surface area contributed by atoms with Crippen LogP contribution in [0.4, 0.5) is 0 Å². The van der Waals surface area contributed by atoms with E-state index in [0.717, 1.165) is 24.3 Å². The highest BCUT2D eigenvalue weighted by molar-refractivity contribution is 6.76. The summed E-state index contributed by atoms with van der Waals surface area (Å²) in [6.45, 7) is 8.46. The second kappa shape index (κ2) is 7.55. The average Bonchev–Trinajstić information content (AvgIpc) is 2.90. The van der Waals surface area contributed by atoms with E-state index in [-0.39, 0.29) is 0 Å². The first-order valence-electron chi connectivity index (χ1n) is 7.53. The molecule has 0 N–H and O–H groups in total. The van der Waals surface area contributed by atoms with E-state index in [1.165, 1.54) is 6.04 Å². The summed E-state index contributed by atoms with van der Waals surface area (Å²) in [5.74, 6) is 0.631. The van der Waals surface area contributed by atoms with Crippen LogP contribution in [-0.4, -0.2) is 36.3 Å². The quantitative estimate of drug-likeness (QED) is 0.554. The molecule has 2 aromatic rings. The van der Waals surface area contributed by atoms with Crippen LogP contribution >= 0.6 is 0 Å². The predicted molar refractivity (Wildman–Crippen MR) is 89.9 cm³/mol. The van der Waals surface area contributed by atoms with Gasteiger partial charge >= 0.3 is 0 Å². The van der Waals surface area contributed by atoms with Crippen molar-refractivity contribution in [3.63, 3.8) is 0 Å². The number of nitrogens with zero attached hydrogens (tertiary/aromatic N) is 3. The van der Waals surface area contributed by atoms with Crippen molar-refractivity contribution in [1.29, 1.82) is 0 Å². The monoisotopic (exact) mass is 319 g/mol. The minimum Gasteiger partial charge on any atom is -0.481 e. The van der Waals surface area contributed by atoms with Gasteiger partial charge in [0.2, 0.25) is 5.88 Å². The standard InChI is InChI=1S/C16H25N3O2Si/c1-20-16-10-14(5-6-17-16)9-15-11-19(12-18-15)13-21-7-8-22(2,3)4/h5-6,10-12H,7-9,13H2,1-4H3. The molecule has 0 amide bonds. The van der Waals surface area contributed by atoms with E-state index in [2.05, 4.69) is 29.6 Å². The molecular weight excluding hydrogens is 294 g/mol. The van der Waals surface area contributed by atoms with E-state index in [4.69, 9.17) is 9.47 Å². The van der Waals surface area contributed by atoms with Crippen molar-refractivity contribution in [2.45, 2.75) is 38.8 Å². The summed E-state index contributed by atoms with van der Waals surface area (Å²) in [5, 5.41) is 0. The van der Waals surface area contributed by atoms with E-state index in [0.29, 0.717) is 12.6 Å². The number of pyridine rings is 1. The molecule has 0 spiro atoms. The van der Waals surface area contributed by atoms with Crippen LogP contribution in [0.15, 0.2) is 30.9 Å². The number of methoxy groups -OCH3 is 1. The van der Waals surface area contributed by atoms with Crippen LogP contribution in [0.2, 0.25) is 25.7 Å². The van der Waals surface area contributed by atoms with Crippen LogP contribution in [-0.2, 0) is 17.9 Å². The highest BCUT2D eigenvalue weighted by Gasteiger charge is 2.12. The van der Waals surface area contributed by atoms with Gasteiger partial charge in [-0.3, -0.25) is 0 Å². The molecule has 2 heterocycles. The maximum absolute atomic E-state index is 5.72. The molecule has 0 bridgehead atoms. The van der Waals surface area contributed by atoms with Gasteiger partial charge in [0.05, 0.1) is 19.1 Å². The SMILES string of the molecule is COc1cc(Cc2cn(COCC[Si](C)(C)C)cn2)ccn1. The van der Waals surface area contributed by atoms with Gasteiger partial charge in [-0.15, -0.1) is 0 Å². The topological polar surface area (TPSA) is 49.2 Å². The number of hydrogen-bond donors (Lipinski definition) is 0. The van der Waals surface area contributed by atoms with Gasteiger partial charge in [-0.2, -0.15) is 0 Å². The van der Waals surface area contributed by atoms with Crippen molar-refractivity contribution >= 4 is 8.07 Å². The van der Waals surface area contributed by atoms with Crippen LogP contribution < -0.4 is 4.74 Å². The largest absolute Gasteiger partial charge is 0.481 e. The first-order valence-corrected chi connectivity index (χ1v) is 11.2. The Labute approximate surface area is 133 Å². The van der Waals surface area contributed by atoms with E-state index in [1.807, 2.05) is 29.2 Å². The Bertz CT molecular complexity index is 593. The maximum atomic E-state index is 5.72. The molecule has 2 rings (SSSR count). The zero-order chi connectivity index (χ0) is 16.0. The number of hydrogen-bond acceptors (Lipinski definition) is 4. The molecule has 0 saturated heterocycles. The molecular formula is C16H25N3O2Si. The third kappa shape index (κ3) is 5.61. The number of ether oxygens (including phenoxy) is 2. The van der Waals surface area contributed by atoms with E-state index >= 15 is 0 Å². The lowest BCUT2D eigenvalue weighted by atomic mass is 10.1. The molecule has 6 heteroatoms. The second-order valence-electron chi connectivity index (χ2n) is 6.61. The van der Waals surface area contributed by atoms with Gasteiger partial charge in [-0.25, -0.2) is 9.97 Å². The molecule has 120 valence electrons. The molecule has 0 unspecified atom stereocenters. The van der Waals surface area contributed by atoms with E-state index in [9.17, 15) is 0 Å². The van der Waals surface area contributed by atoms with Crippen LogP contribution in [0.1, 0.15) is 11.3 Å². The Hall–Kier alpha value is -1.66.